The lowest BCUT2D eigenvalue weighted by atomic mass is 10.1. The second-order valence-electron chi connectivity index (χ2n) is 4.19. The second-order valence-corrected chi connectivity index (χ2v) is 4.19. The summed E-state index contributed by atoms with van der Waals surface area (Å²) in [7, 11) is 0. The summed E-state index contributed by atoms with van der Waals surface area (Å²) in [5, 5.41) is 11.6. The summed E-state index contributed by atoms with van der Waals surface area (Å²) < 4.78 is 0. The molecule has 0 aliphatic rings. The highest BCUT2D eigenvalue weighted by atomic mass is 16.4. The molecule has 0 saturated carbocycles. The van der Waals surface area contributed by atoms with Crippen LogP contribution in [0.4, 0.5) is 0 Å². The van der Waals surface area contributed by atoms with Gasteiger partial charge in [-0.1, -0.05) is 19.0 Å². The molecule has 0 amide bonds. The largest absolute Gasteiger partial charge is 0.409 e. The summed E-state index contributed by atoms with van der Waals surface area (Å²) in [6.45, 7) is 9.75. The van der Waals surface area contributed by atoms with Gasteiger partial charge >= 0.3 is 0 Å². The van der Waals surface area contributed by atoms with Crippen molar-refractivity contribution in [1.29, 1.82) is 0 Å². The predicted octanol–water partition coefficient (Wildman–Crippen LogP) is 2.02. The highest BCUT2D eigenvalue weighted by Gasteiger charge is 2.19. The molecule has 0 aliphatic carbocycles. The van der Waals surface area contributed by atoms with Gasteiger partial charge in [0.15, 0.2) is 0 Å². The normalized spacial score (nSPS) is 14.9. The number of nitrogens with zero attached hydrogens (tertiary/aromatic N) is 2. The van der Waals surface area contributed by atoms with Crippen LogP contribution >= 0.6 is 0 Å². The molecule has 0 saturated heterocycles. The first-order valence-corrected chi connectivity index (χ1v) is 5.78. The van der Waals surface area contributed by atoms with Crippen LogP contribution in [0, 0.1) is 0 Å². The lowest BCUT2D eigenvalue weighted by Gasteiger charge is -2.34. The van der Waals surface area contributed by atoms with Gasteiger partial charge in [-0.3, -0.25) is 4.90 Å². The highest BCUT2D eigenvalue weighted by molar-refractivity contribution is 5.80. The summed E-state index contributed by atoms with van der Waals surface area (Å²) in [5.74, 6) is 0.323. The van der Waals surface area contributed by atoms with Crippen LogP contribution in [0.3, 0.4) is 0 Å². The smallest absolute Gasteiger partial charge is 0.140 e. The van der Waals surface area contributed by atoms with Crippen molar-refractivity contribution in [3.8, 4) is 0 Å². The van der Waals surface area contributed by atoms with E-state index in [0.717, 1.165) is 19.4 Å². The van der Waals surface area contributed by atoms with E-state index < -0.39 is 0 Å². The zero-order valence-electron chi connectivity index (χ0n) is 10.4. The molecule has 0 aromatic rings. The van der Waals surface area contributed by atoms with Gasteiger partial charge < -0.3 is 10.9 Å². The molecule has 0 aromatic carbocycles. The third kappa shape index (κ3) is 5.02. The number of rotatable bonds is 7. The van der Waals surface area contributed by atoms with E-state index in [1.165, 1.54) is 0 Å². The van der Waals surface area contributed by atoms with Crippen LogP contribution < -0.4 is 5.73 Å². The van der Waals surface area contributed by atoms with Crippen molar-refractivity contribution in [2.24, 2.45) is 10.9 Å². The standard InChI is InChI=1S/C11H25N3O/c1-5-7-14(9(3)4)10(6-2)8-11(12)13-15/h9-10,15H,5-8H2,1-4H3,(H2,12,13). The number of hydrogen-bond acceptors (Lipinski definition) is 3. The van der Waals surface area contributed by atoms with Crippen LogP contribution in [0.15, 0.2) is 5.16 Å². The Hall–Kier alpha value is -0.770. The molecule has 90 valence electrons. The van der Waals surface area contributed by atoms with Crippen molar-refractivity contribution < 1.29 is 5.21 Å². The number of oxime groups is 1. The Bertz CT molecular complexity index is 192. The lowest BCUT2D eigenvalue weighted by Crippen LogP contribution is -2.42. The molecule has 0 fully saturated rings. The molecule has 0 spiro atoms. The Morgan fingerprint density at radius 3 is 2.33 bits per heavy atom. The topological polar surface area (TPSA) is 61.8 Å². The molecular weight excluding hydrogens is 190 g/mol. The summed E-state index contributed by atoms with van der Waals surface area (Å²) in [5.41, 5.74) is 5.56. The first-order chi connectivity index (χ1) is 7.06. The van der Waals surface area contributed by atoms with Crippen molar-refractivity contribution in [1.82, 2.24) is 4.90 Å². The van der Waals surface area contributed by atoms with Gasteiger partial charge in [0.1, 0.15) is 5.84 Å². The summed E-state index contributed by atoms with van der Waals surface area (Å²) in [4.78, 5) is 2.41. The molecule has 15 heavy (non-hydrogen) atoms. The van der Waals surface area contributed by atoms with E-state index in [1.54, 1.807) is 0 Å². The van der Waals surface area contributed by atoms with Crippen molar-refractivity contribution in [3.63, 3.8) is 0 Å². The van der Waals surface area contributed by atoms with E-state index in [1.807, 2.05) is 0 Å². The van der Waals surface area contributed by atoms with Crippen molar-refractivity contribution in [2.45, 2.75) is 59.0 Å². The summed E-state index contributed by atoms with van der Waals surface area (Å²) >= 11 is 0. The molecular formula is C11H25N3O. The molecule has 0 bridgehead atoms. The van der Waals surface area contributed by atoms with E-state index in [0.29, 0.717) is 24.3 Å². The third-order valence-electron chi connectivity index (χ3n) is 2.66. The molecule has 4 heteroatoms. The van der Waals surface area contributed by atoms with E-state index in [-0.39, 0.29) is 0 Å². The van der Waals surface area contributed by atoms with E-state index in [2.05, 4.69) is 37.8 Å². The van der Waals surface area contributed by atoms with Crippen LogP contribution in [-0.2, 0) is 0 Å². The van der Waals surface area contributed by atoms with Gasteiger partial charge in [0, 0.05) is 18.5 Å². The fourth-order valence-electron chi connectivity index (χ4n) is 1.90. The quantitative estimate of drug-likeness (QED) is 0.295. The average Bonchev–Trinajstić information content (AvgIpc) is 2.22. The van der Waals surface area contributed by atoms with Crippen LogP contribution in [-0.4, -0.2) is 34.6 Å². The number of amidine groups is 1. The van der Waals surface area contributed by atoms with Crippen molar-refractivity contribution in [3.05, 3.63) is 0 Å². The molecule has 3 N–H and O–H groups in total. The van der Waals surface area contributed by atoms with Crippen LogP contribution in [0.5, 0.6) is 0 Å². The minimum atomic E-state index is 0.323. The molecule has 0 aliphatic heterocycles. The van der Waals surface area contributed by atoms with E-state index >= 15 is 0 Å². The maximum absolute atomic E-state index is 8.57. The predicted molar refractivity (Wildman–Crippen MR) is 64.2 cm³/mol. The first-order valence-electron chi connectivity index (χ1n) is 5.78. The van der Waals surface area contributed by atoms with Crippen molar-refractivity contribution in [2.75, 3.05) is 6.54 Å². The Kier molecular flexibility index (Phi) is 7.13. The number of nitrogens with two attached hydrogens (primary N) is 1. The van der Waals surface area contributed by atoms with Gasteiger partial charge in [0.2, 0.25) is 0 Å². The number of hydrogen-bond donors (Lipinski definition) is 2. The highest BCUT2D eigenvalue weighted by Crippen LogP contribution is 2.13. The fourth-order valence-corrected chi connectivity index (χ4v) is 1.90. The minimum Gasteiger partial charge on any atom is -0.409 e. The molecule has 0 heterocycles. The maximum Gasteiger partial charge on any atom is 0.140 e. The van der Waals surface area contributed by atoms with Gasteiger partial charge in [0.25, 0.3) is 0 Å². The van der Waals surface area contributed by atoms with E-state index in [9.17, 15) is 0 Å². The van der Waals surface area contributed by atoms with Gasteiger partial charge in [-0.25, -0.2) is 0 Å². The first kappa shape index (κ1) is 14.2. The lowest BCUT2D eigenvalue weighted by molar-refractivity contribution is 0.151. The molecule has 0 radical (unpaired) electrons. The SMILES string of the molecule is CCCN(C(C)C)C(CC)C/C(N)=N/O. The Morgan fingerprint density at radius 1 is 1.40 bits per heavy atom. The minimum absolute atomic E-state index is 0.323. The summed E-state index contributed by atoms with van der Waals surface area (Å²) in [6.07, 6.45) is 2.80. The maximum atomic E-state index is 8.57. The monoisotopic (exact) mass is 215 g/mol. The molecule has 0 rings (SSSR count). The van der Waals surface area contributed by atoms with Gasteiger partial charge in [-0.15, -0.1) is 0 Å². The van der Waals surface area contributed by atoms with Crippen molar-refractivity contribution >= 4 is 5.84 Å². The Balaban J connectivity index is 4.44. The fraction of sp³-hybridized carbons (Fsp3) is 0.909. The average molecular weight is 215 g/mol. The summed E-state index contributed by atoms with van der Waals surface area (Å²) in [6, 6.07) is 0.877. The molecule has 1 atom stereocenters. The van der Waals surface area contributed by atoms with Gasteiger partial charge in [0.05, 0.1) is 0 Å². The molecule has 0 aromatic heterocycles. The Morgan fingerprint density at radius 2 is 2.00 bits per heavy atom. The van der Waals surface area contributed by atoms with Crippen LogP contribution in [0.2, 0.25) is 0 Å². The second kappa shape index (κ2) is 7.51. The zero-order chi connectivity index (χ0) is 11.8. The van der Waals surface area contributed by atoms with Gasteiger partial charge in [-0.2, -0.15) is 0 Å². The zero-order valence-corrected chi connectivity index (χ0v) is 10.4. The Labute approximate surface area is 93.1 Å². The van der Waals surface area contributed by atoms with Crippen LogP contribution in [0.1, 0.15) is 47.0 Å². The molecule has 4 nitrogen and oxygen atoms in total. The van der Waals surface area contributed by atoms with E-state index in [4.69, 9.17) is 10.9 Å². The molecule has 1 unspecified atom stereocenters. The third-order valence-corrected chi connectivity index (χ3v) is 2.66. The van der Waals surface area contributed by atoms with Crippen LogP contribution in [0.25, 0.3) is 0 Å². The van der Waals surface area contributed by atoms with Gasteiger partial charge in [-0.05, 0) is 33.2 Å².